The maximum atomic E-state index is 6.10. The van der Waals surface area contributed by atoms with Crippen LogP contribution in [0.15, 0.2) is 128 Å². The van der Waals surface area contributed by atoms with E-state index >= 15 is 0 Å². The van der Waals surface area contributed by atoms with Crippen molar-refractivity contribution in [1.29, 1.82) is 0 Å². The molecule has 0 saturated carbocycles. The molecular weight excluding hydrogens is 426 g/mol. The first-order valence-corrected chi connectivity index (χ1v) is 12.4. The first kappa shape index (κ1) is 24.5. The molecule has 2 unspecified atom stereocenters. The van der Waals surface area contributed by atoms with Gasteiger partial charge in [-0.25, -0.2) is 0 Å². The smallest absolute Gasteiger partial charge is 0.120 e. The van der Waals surface area contributed by atoms with Crippen LogP contribution in [0.1, 0.15) is 35.1 Å². The van der Waals surface area contributed by atoms with E-state index in [1.54, 1.807) is 0 Å². The summed E-state index contributed by atoms with van der Waals surface area (Å²) in [6, 6.07) is 40.2. The molecule has 2 atom stereocenters. The molecule has 0 heterocycles. The molecule has 4 aromatic carbocycles. The lowest BCUT2D eigenvalue weighted by Gasteiger charge is -2.30. The molecule has 0 spiro atoms. The van der Waals surface area contributed by atoms with Crippen molar-refractivity contribution in [3.05, 3.63) is 150 Å². The molecule has 0 N–H and O–H groups in total. The van der Waals surface area contributed by atoms with E-state index in [9.17, 15) is 0 Å². The minimum Gasteiger partial charge on any atom is -0.489 e. The Kier molecular flexibility index (Phi) is 8.91. The average Bonchev–Trinajstić information content (AvgIpc) is 2.90. The van der Waals surface area contributed by atoms with Crippen molar-refractivity contribution >= 4 is 0 Å². The zero-order chi connectivity index (χ0) is 24.3. The van der Waals surface area contributed by atoms with Crippen LogP contribution in [0.3, 0.4) is 0 Å². The van der Waals surface area contributed by atoms with E-state index in [-0.39, 0.29) is 5.92 Å². The number of hydrogen-bond acceptors (Lipinski definition) is 2. The van der Waals surface area contributed by atoms with E-state index in [1.165, 1.54) is 22.3 Å². The molecule has 4 aromatic rings. The average molecular weight is 462 g/mol. The van der Waals surface area contributed by atoms with E-state index in [1.807, 2.05) is 24.3 Å². The maximum Gasteiger partial charge on any atom is 0.120 e. The van der Waals surface area contributed by atoms with E-state index in [0.717, 1.165) is 25.4 Å². The standard InChI is InChI=1S/C33H35NO/c1-3-33(31-20-13-21-32(22-31)35-26-30-18-11-6-12-19-30)27(2)23-34(24-28-14-7-4-8-15-28)25-29-16-9-5-10-17-29/h3-22,27,33H,1,23-26H2,2H3. The Morgan fingerprint density at radius 1 is 0.714 bits per heavy atom. The summed E-state index contributed by atoms with van der Waals surface area (Å²) >= 11 is 0. The second-order valence-corrected chi connectivity index (χ2v) is 9.23. The Morgan fingerprint density at radius 2 is 1.26 bits per heavy atom. The molecule has 0 bridgehead atoms. The highest BCUT2D eigenvalue weighted by atomic mass is 16.5. The molecule has 0 saturated heterocycles. The molecule has 0 aliphatic heterocycles. The number of ether oxygens (including phenoxy) is 1. The Balaban J connectivity index is 1.46. The Labute approximate surface area is 210 Å². The monoisotopic (exact) mass is 461 g/mol. The van der Waals surface area contributed by atoms with Gasteiger partial charge in [0.2, 0.25) is 0 Å². The van der Waals surface area contributed by atoms with Gasteiger partial charge in [0.05, 0.1) is 0 Å². The first-order valence-electron chi connectivity index (χ1n) is 12.4. The SMILES string of the molecule is C=CC(c1cccc(OCc2ccccc2)c1)C(C)CN(Cc1ccccc1)Cc1ccccc1. The predicted octanol–water partition coefficient (Wildman–Crippen LogP) is 7.87. The van der Waals surface area contributed by atoms with Gasteiger partial charge in [-0.2, -0.15) is 0 Å². The molecule has 0 aliphatic carbocycles. The van der Waals surface area contributed by atoms with Gasteiger partial charge >= 0.3 is 0 Å². The highest BCUT2D eigenvalue weighted by Gasteiger charge is 2.20. The second-order valence-electron chi connectivity index (χ2n) is 9.23. The van der Waals surface area contributed by atoms with Crippen LogP contribution in [0.4, 0.5) is 0 Å². The minimum absolute atomic E-state index is 0.240. The van der Waals surface area contributed by atoms with Gasteiger partial charge in [0.1, 0.15) is 12.4 Å². The van der Waals surface area contributed by atoms with Gasteiger partial charge in [0.25, 0.3) is 0 Å². The molecule has 0 amide bonds. The minimum atomic E-state index is 0.240. The fourth-order valence-corrected chi connectivity index (χ4v) is 4.64. The summed E-state index contributed by atoms with van der Waals surface area (Å²) < 4.78 is 6.10. The van der Waals surface area contributed by atoms with Crippen molar-refractivity contribution in [2.24, 2.45) is 5.92 Å². The lowest BCUT2D eigenvalue weighted by atomic mass is 9.86. The fourth-order valence-electron chi connectivity index (χ4n) is 4.64. The van der Waals surface area contributed by atoms with Crippen LogP contribution in [0.25, 0.3) is 0 Å². The maximum absolute atomic E-state index is 6.10. The fraction of sp³-hybridized carbons (Fsp3) is 0.212. The lowest BCUT2D eigenvalue weighted by molar-refractivity contribution is 0.213. The zero-order valence-corrected chi connectivity index (χ0v) is 20.6. The van der Waals surface area contributed by atoms with Gasteiger partial charge in [0, 0.05) is 25.6 Å². The quantitative estimate of drug-likeness (QED) is 0.199. The lowest BCUT2D eigenvalue weighted by Crippen LogP contribution is -2.30. The van der Waals surface area contributed by atoms with Crippen molar-refractivity contribution in [3.8, 4) is 5.75 Å². The van der Waals surface area contributed by atoms with Crippen LogP contribution < -0.4 is 4.74 Å². The van der Waals surface area contributed by atoms with E-state index in [4.69, 9.17) is 4.74 Å². The van der Waals surface area contributed by atoms with Crippen LogP contribution in [0, 0.1) is 5.92 Å². The highest BCUT2D eigenvalue weighted by Crippen LogP contribution is 2.30. The summed E-state index contributed by atoms with van der Waals surface area (Å²) in [5.74, 6) is 1.53. The third-order valence-electron chi connectivity index (χ3n) is 6.40. The Bertz CT molecular complexity index is 1120. The molecule has 178 valence electrons. The van der Waals surface area contributed by atoms with Crippen LogP contribution in [-0.4, -0.2) is 11.4 Å². The van der Waals surface area contributed by atoms with Crippen LogP contribution in [0.5, 0.6) is 5.75 Å². The van der Waals surface area contributed by atoms with Crippen LogP contribution in [0.2, 0.25) is 0 Å². The van der Waals surface area contributed by atoms with Gasteiger partial charge in [-0.3, -0.25) is 4.90 Å². The van der Waals surface area contributed by atoms with Crippen molar-refractivity contribution < 1.29 is 4.74 Å². The molecule has 2 heteroatoms. The number of hydrogen-bond donors (Lipinski definition) is 0. The number of benzene rings is 4. The molecular formula is C33H35NO. The Hall–Kier alpha value is -3.62. The molecule has 35 heavy (non-hydrogen) atoms. The first-order chi connectivity index (χ1) is 17.2. The third kappa shape index (κ3) is 7.43. The van der Waals surface area contributed by atoms with Crippen molar-refractivity contribution in [3.63, 3.8) is 0 Å². The van der Waals surface area contributed by atoms with Crippen LogP contribution >= 0.6 is 0 Å². The van der Waals surface area contributed by atoms with E-state index < -0.39 is 0 Å². The number of rotatable bonds is 12. The molecule has 0 fully saturated rings. The van der Waals surface area contributed by atoms with E-state index in [0.29, 0.717) is 12.5 Å². The zero-order valence-electron chi connectivity index (χ0n) is 20.6. The van der Waals surface area contributed by atoms with Gasteiger partial charge in [0.15, 0.2) is 0 Å². The number of nitrogens with zero attached hydrogens (tertiary/aromatic N) is 1. The van der Waals surface area contributed by atoms with Crippen molar-refractivity contribution in [1.82, 2.24) is 4.90 Å². The molecule has 0 aliphatic rings. The van der Waals surface area contributed by atoms with Crippen LogP contribution in [-0.2, 0) is 19.7 Å². The van der Waals surface area contributed by atoms with Crippen molar-refractivity contribution in [2.75, 3.05) is 6.54 Å². The summed E-state index contributed by atoms with van der Waals surface area (Å²) in [6.45, 7) is 9.90. The van der Waals surface area contributed by atoms with E-state index in [2.05, 4.69) is 115 Å². The summed E-state index contributed by atoms with van der Waals surface area (Å²) in [5.41, 5.74) is 5.09. The largest absolute Gasteiger partial charge is 0.489 e. The van der Waals surface area contributed by atoms with Gasteiger partial charge < -0.3 is 4.74 Å². The molecule has 0 radical (unpaired) electrons. The highest BCUT2D eigenvalue weighted by molar-refractivity contribution is 5.33. The number of allylic oxidation sites excluding steroid dienone is 1. The predicted molar refractivity (Wildman–Crippen MR) is 146 cm³/mol. The summed E-state index contributed by atoms with van der Waals surface area (Å²) in [5, 5.41) is 0. The Morgan fingerprint density at radius 3 is 1.80 bits per heavy atom. The van der Waals surface area contributed by atoms with Gasteiger partial charge in [-0.15, -0.1) is 6.58 Å². The molecule has 4 rings (SSSR count). The third-order valence-corrected chi connectivity index (χ3v) is 6.40. The molecule has 2 nitrogen and oxygen atoms in total. The summed E-state index contributed by atoms with van der Waals surface area (Å²) in [7, 11) is 0. The second kappa shape index (κ2) is 12.7. The van der Waals surface area contributed by atoms with Crippen molar-refractivity contribution in [2.45, 2.75) is 32.5 Å². The summed E-state index contributed by atoms with van der Waals surface area (Å²) in [4.78, 5) is 2.54. The molecule has 0 aromatic heterocycles. The van der Waals surface area contributed by atoms with Gasteiger partial charge in [-0.05, 0) is 40.3 Å². The van der Waals surface area contributed by atoms with Gasteiger partial charge in [-0.1, -0.05) is 116 Å². The summed E-state index contributed by atoms with van der Waals surface area (Å²) in [6.07, 6.45) is 2.09. The topological polar surface area (TPSA) is 12.5 Å². The normalized spacial score (nSPS) is 12.7.